The molecule has 0 unspecified atom stereocenters. The molecule has 0 amide bonds. The second kappa shape index (κ2) is 4.70. The van der Waals surface area contributed by atoms with Crippen LogP contribution in [0.1, 0.15) is 30.2 Å². The molecule has 15 heavy (non-hydrogen) atoms. The van der Waals surface area contributed by atoms with E-state index in [1.165, 1.54) is 31.7 Å². The topological polar surface area (TPSA) is 50.4 Å². The van der Waals surface area contributed by atoms with Gasteiger partial charge in [0.15, 0.2) is 0 Å². The number of carboxylic acid groups (broad SMARTS) is 1. The average Bonchev–Trinajstić information content (AvgIpc) is 2.50. The Morgan fingerprint density at radius 2 is 2.27 bits per heavy atom. The summed E-state index contributed by atoms with van der Waals surface area (Å²) in [5.74, 6) is 0.236. The highest BCUT2D eigenvalue weighted by atomic mass is 32.2. The number of alkyl halides is 1. The minimum absolute atomic E-state index is 0.0786. The number of rotatable bonds is 5. The van der Waals surface area contributed by atoms with Gasteiger partial charge in [0.25, 0.3) is 0 Å². The molecule has 0 atom stereocenters. The minimum Gasteiger partial charge on any atom is -0.475 e. The van der Waals surface area contributed by atoms with Crippen LogP contribution in [-0.2, 0) is 5.75 Å². The molecule has 0 saturated heterocycles. The number of thioether (sulfide) groups is 1. The van der Waals surface area contributed by atoms with E-state index in [1.807, 2.05) is 0 Å². The normalized spacial score (nSPS) is 11.7. The molecule has 1 heterocycles. The lowest BCUT2D eigenvalue weighted by atomic mass is 10.2. The molecule has 3 nitrogen and oxygen atoms in total. The first kappa shape index (κ1) is 12.1. The van der Waals surface area contributed by atoms with Crippen LogP contribution in [0.15, 0.2) is 16.5 Å². The van der Waals surface area contributed by atoms with Crippen LogP contribution in [0.3, 0.4) is 0 Å². The van der Waals surface area contributed by atoms with E-state index in [0.29, 0.717) is 17.3 Å². The van der Waals surface area contributed by atoms with Gasteiger partial charge < -0.3 is 9.52 Å². The van der Waals surface area contributed by atoms with Crippen molar-refractivity contribution in [3.8, 4) is 0 Å². The first-order chi connectivity index (χ1) is 6.88. The van der Waals surface area contributed by atoms with Crippen molar-refractivity contribution in [3.63, 3.8) is 0 Å². The number of furan rings is 1. The van der Waals surface area contributed by atoms with Gasteiger partial charge in [-0.05, 0) is 26.0 Å². The number of carboxylic acids is 1. The first-order valence-electron chi connectivity index (χ1n) is 4.47. The van der Waals surface area contributed by atoms with Crippen LogP contribution < -0.4 is 0 Å². The van der Waals surface area contributed by atoms with Gasteiger partial charge in [0.05, 0.1) is 5.75 Å². The Kier molecular flexibility index (Phi) is 3.79. The fraction of sp³-hybridized carbons (Fsp3) is 0.500. The summed E-state index contributed by atoms with van der Waals surface area (Å²) < 4.78 is 18.1. The summed E-state index contributed by atoms with van der Waals surface area (Å²) in [7, 11) is 0. The van der Waals surface area contributed by atoms with E-state index in [0.717, 1.165) is 0 Å². The molecule has 0 radical (unpaired) electrons. The third-order valence-electron chi connectivity index (χ3n) is 1.56. The monoisotopic (exact) mass is 232 g/mol. The molecule has 0 spiro atoms. The second-order valence-electron chi connectivity index (χ2n) is 3.78. The Morgan fingerprint density at radius 1 is 1.60 bits per heavy atom. The van der Waals surface area contributed by atoms with Crippen molar-refractivity contribution in [3.05, 3.63) is 23.7 Å². The van der Waals surface area contributed by atoms with Crippen LogP contribution in [0, 0.1) is 0 Å². The van der Waals surface area contributed by atoms with Gasteiger partial charge in [-0.2, -0.15) is 11.8 Å². The molecule has 1 rings (SSSR count). The van der Waals surface area contributed by atoms with Gasteiger partial charge in [0.2, 0.25) is 5.76 Å². The summed E-state index contributed by atoms with van der Waals surface area (Å²) in [5.41, 5.74) is -1.22. The third kappa shape index (κ3) is 4.38. The van der Waals surface area contributed by atoms with Crippen molar-refractivity contribution in [1.82, 2.24) is 0 Å². The Bertz CT molecular complexity index is 341. The smallest absolute Gasteiger partial charge is 0.371 e. The Balaban J connectivity index is 2.41. The first-order valence-corrected chi connectivity index (χ1v) is 5.62. The molecule has 5 heteroatoms. The molecule has 0 aliphatic rings. The van der Waals surface area contributed by atoms with E-state index in [1.54, 1.807) is 6.07 Å². The zero-order valence-corrected chi connectivity index (χ0v) is 9.44. The summed E-state index contributed by atoms with van der Waals surface area (Å²) in [6.45, 7) is 3.01. The van der Waals surface area contributed by atoms with Gasteiger partial charge in [0.1, 0.15) is 11.4 Å². The van der Waals surface area contributed by atoms with Gasteiger partial charge in [0, 0.05) is 5.75 Å². The lowest BCUT2D eigenvalue weighted by Gasteiger charge is -2.11. The lowest BCUT2D eigenvalue weighted by Crippen LogP contribution is -2.15. The van der Waals surface area contributed by atoms with E-state index in [2.05, 4.69) is 0 Å². The number of carbonyl (C=O) groups is 1. The van der Waals surface area contributed by atoms with Gasteiger partial charge in [-0.1, -0.05) is 0 Å². The van der Waals surface area contributed by atoms with Crippen molar-refractivity contribution >= 4 is 17.7 Å². The number of halogens is 1. The molecular weight excluding hydrogens is 219 g/mol. The van der Waals surface area contributed by atoms with Gasteiger partial charge in [-0.25, -0.2) is 9.18 Å². The highest BCUT2D eigenvalue weighted by molar-refractivity contribution is 7.98. The molecule has 0 saturated carbocycles. The maximum atomic E-state index is 13.1. The van der Waals surface area contributed by atoms with Gasteiger partial charge >= 0.3 is 5.97 Å². The van der Waals surface area contributed by atoms with Crippen molar-refractivity contribution in [1.29, 1.82) is 0 Å². The zero-order chi connectivity index (χ0) is 11.5. The minimum atomic E-state index is -1.22. The molecule has 0 aliphatic heterocycles. The predicted molar refractivity (Wildman–Crippen MR) is 57.0 cm³/mol. The van der Waals surface area contributed by atoms with E-state index in [-0.39, 0.29) is 5.76 Å². The summed E-state index contributed by atoms with van der Waals surface area (Å²) in [6.07, 6.45) is 0. The molecule has 0 bridgehead atoms. The third-order valence-corrected chi connectivity index (χ3v) is 2.94. The van der Waals surface area contributed by atoms with Crippen molar-refractivity contribution in [2.24, 2.45) is 0 Å². The highest BCUT2D eigenvalue weighted by Gasteiger charge is 2.16. The zero-order valence-electron chi connectivity index (χ0n) is 8.62. The second-order valence-corrected chi connectivity index (χ2v) is 4.77. The fourth-order valence-electron chi connectivity index (χ4n) is 0.965. The van der Waals surface area contributed by atoms with Crippen molar-refractivity contribution < 1.29 is 18.7 Å². The van der Waals surface area contributed by atoms with Gasteiger partial charge in [-0.15, -0.1) is 0 Å². The van der Waals surface area contributed by atoms with E-state index >= 15 is 0 Å². The number of hydrogen-bond acceptors (Lipinski definition) is 3. The quantitative estimate of drug-likeness (QED) is 0.848. The molecular formula is C10H13FO3S. The van der Waals surface area contributed by atoms with Crippen LogP contribution in [-0.4, -0.2) is 22.5 Å². The van der Waals surface area contributed by atoms with Crippen LogP contribution >= 0.6 is 11.8 Å². The van der Waals surface area contributed by atoms with E-state index in [4.69, 9.17) is 9.52 Å². The molecule has 0 fully saturated rings. The summed E-state index contributed by atoms with van der Waals surface area (Å²) in [5, 5.41) is 8.59. The standard InChI is InChI=1S/C10H13FO3S/c1-10(2,11)6-15-5-7-3-4-8(14-7)9(12)13/h3-4H,5-6H2,1-2H3,(H,12,13). The van der Waals surface area contributed by atoms with Crippen LogP contribution in [0.5, 0.6) is 0 Å². The molecule has 1 N–H and O–H groups in total. The molecule has 0 aliphatic carbocycles. The fourth-order valence-corrected chi connectivity index (χ4v) is 1.91. The van der Waals surface area contributed by atoms with Crippen LogP contribution in [0.2, 0.25) is 0 Å². The molecule has 0 aromatic carbocycles. The SMILES string of the molecule is CC(C)(F)CSCc1ccc(C(=O)O)o1. The summed E-state index contributed by atoms with van der Waals surface area (Å²) in [6, 6.07) is 3.00. The van der Waals surface area contributed by atoms with Crippen molar-refractivity contribution in [2.75, 3.05) is 5.75 Å². The van der Waals surface area contributed by atoms with Gasteiger partial charge in [-0.3, -0.25) is 0 Å². The van der Waals surface area contributed by atoms with Crippen molar-refractivity contribution in [2.45, 2.75) is 25.3 Å². The Labute approximate surface area is 91.7 Å². The summed E-state index contributed by atoms with van der Waals surface area (Å²) in [4.78, 5) is 10.5. The number of hydrogen-bond donors (Lipinski definition) is 1. The number of aromatic carboxylic acids is 1. The van der Waals surface area contributed by atoms with E-state index < -0.39 is 11.6 Å². The predicted octanol–water partition coefficient (Wildman–Crippen LogP) is 2.96. The lowest BCUT2D eigenvalue weighted by molar-refractivity contribution is 0.0661. The Hall–Kier alpha value is -0.970. The molecule has 84 valence electrons. The van der Waals surface area contributed by atoms with Crippen LogP contribution in [0.25, 0.3) is 0 Å². The van der Waals surface area contributed by atoms with E-state index in [9.17, 15) is 9.18 Å². The maximum Gasteiger partial charge on any atom is 0.371 e. The highest BCUT2D eigenvalue weighted by Crippen LogP contribution is 2.21. The Morgan fingerprint density at radius 3 is 2.73 bits per heavy atom. The average molecular weight is 232 g/mol. The maximum absolute atomic E-state index is 13.1. The largest absolute Gasteiger partial charge is 0.475 e. The van der Waals surface area contributed by atoms with Crippen LogP contribution in [0.4, 0.5) is 4.39 Å². The molecule has 1 aromatic heterocycles. The molecule has 1 aromatic rings. The summed E-state index contributed by atoms with van der Waals surface area (Å²) >= 11 is 1.38.